The van der Waals surface area contributed by atoms with Gasteiger partial charge in [-0.05, 0) is 6.42 Å². The van der Waals surface area contributed by atoms with Crippen LogP contribution in [-0.2, 0) is 19.6 Å². The van der Waals surface area contributed by atoms with Gasteiger partial charge in [0.1, 0.15) is 12.4 Å². The number of carbonyl (C=O) groups is 1. The number of hydrogen-bond acceptors (Lipinski definition) is 4. The molecule has 0 saturated heterocycles. The van der Waals surface area contributed by atoms with Crippen LogP contribution in [0.15, 0.2) is 0 Å². The topological polar surface area (TPSA) is 80.7 Å². The summed E-state index contributed by atoms with van der Waals surface area (Å²) in [6.07, 6.45) is 9.51. The zero-order valence-corrected chi connectivity index (χ0v) is 15.6. The molecule has 0 fully saturated rings. The molecule has 0 aromatic carbocycles. The van der Waals surface area contributed by atoms with Crippen LogP contribution < -0.4 is 29.6 Å². The molecule has 0 amide bonds. The quantitative estimate of drug-likeness (QED) is 0.238. The molecule has 0 aromatic rings. The summed E-state index contributed by atoms with van der Waals surface area (Å²) in [5.74, 6) is -0.925. The molecule has 0 aliphatic carbocycles. The van der Waals surface area contributed by atoms with Crippen LogP contribution in [0.25, 0.3) is 0 Å². The molecular formula is C13H27NaO5S. The minimum Gasteiger partial charge on any atom is -1.00 e. The van der Waals surface area contributed by atoms with Crippen molar-refractivity contribution in [3.63, 3.8) is 0 Å². The Hall–Kier alpha value is 0.380. The first-order valence-corrected chi connectivity index (χ1v) is 8.67. The van der Waals surface area contributed by atoms with E-state index in [1.165, 1.54) is 32.1 Å². The number of rotatable bonds is 12. The molecule has 0 aliphatic rings. The summed E-state index contributed by atoms with van der Waals surface area (Å²) in [6, 6.07) is 0. The molecule has 0 aliphatic heterocycles. The second-order valence-corrected chi connectivity index (χ2v) is 6.30. The van der Waals surface area contributed by atoms with Gasteiger partial charge in [0.2, 0.25) is 0 Å². The van der Waals surface area contributed by atoms with E-state index in [1.54, 1.807) is 0 Å². The molecule has 0 bridgehead atoms. The van der Waals surface area contributed by atoms with Crippen molar-refractivity contribution in [1.29, 1.82) is 0 Å². The Labute approximate surface area is 146 Å². The minimum absolute atomic E-state index is 0. The first-order valence-electron chi connectivity index (χ1n) is 7.06. The van der Waals surface area contributed by atoms with Gasteiger partial charge in [-0.3, -0.25) is 9.35 Å². The standard InChI is InChI=1S/C13H26O5S.Na.H/c1-2-3-4-5-6-7-8-9-10-13(14)18-11-12-19(15,16)17;;/h2-12H2,1H3,(H,15,16,17);;/q;+1;-1. The van der Waals surface area contributed by atoms with Crippen molar-refractivity contribution >= 4 is 16.1 Å². The van der Waals surface area contributed by atoms with Crippen LogP contribution in [0.5, 0.6) is 0 Å². The molecule has 116 valence electrons. The van der Waals surface area contributed by atoms with Gasteiger partial charge in [-0.25, -0.2) is 0 Å². The average molecular weight is 318 g/mol. The second kappa shape index (κ2) is 14.3. The maximum Gasteiger partial charge on any atom is 1.00 e. The van der Waals surface area contributed by atoms with Crippen LogP contribution in [0.4, 0.5) is 0 Å². The van der Waals surface area contributed by atoms with Gasteiger partial charge in [-0.15, -0.1) is 0 Å². The monoisotopic (exact) mass is 318 g/mol. The van der Waals surface area contributed by atoms with Crippen molar-refractivity contribution < 1.29 is 53.5 Å². The largest absolute Gasteiger partial charge is 1.00 e. The fraction of sp³-hybridized carbons (Fsp3) is 0.923. The van der Waals surface area contributed by atoms with Crippen molar-refractivity contribution in [3.8, 4) is 0 Å². The molecule has 0 atom stereocenters. The van der Waals surface area contributed by atoms with E-state index in [-0.39, 0.29) is 37.6 Å². The Morgan fingerprint density at radius 3 is 2.05 bits per heavy atom. The Morgan fingerprint density at radius 2 is 1.55 bits per heavy atom. The summed E-state index contributed by atoms with van der Waals surface area (Å²) in [6.45, 7) is 1.92. The van der Waals surface area contributed by atoms with Crippen molar-refractivity contribution in [2.24, 2.45) is 0 Å². The van der Waals surface area contributed by atoms with Crippen LogP contribution in [0, 0.1) is 0 Å². The van der Waals surface area contributed by atoms with Crippen molar-refractivity contribution in [2.45, 2.75) is 64.7 Å². The first-order chi connectivity index (χ1) is 8.95. The van der Waals surface area contributed by atoms with Crippen LogP contribution in [-0.4, -0.2) is 31.3 Å². The summed E-state index contributed by atoms with van der Waals surface area (Å²) in [7, 11) is -4.04. The summed E-state index contributed by atoms with van der Waals surface area (Å²) in [5, 5.41) is 0. The Balaban J connectivity index is -0.00000162. The molecule has 0 radical (unpaired) electrons. The van der Waals surface area contributed by atoms with Gasteiger partial charge in [0.25, 0.3) is 10.1 Å². The van der Waals surface area contributed by atoms with E-state index < -0.39 is 21.8 Å². The molecule has 0 spiro atoms. The van der Waals surface area contributed by atoms with E-state index in [1.807, 2.05) is 0 Å². The van der Waals surface area contributed by atoms with E-state index in [2.05, 4.69) is 6.92 Å². The van der Waals surface area contributed by atoms with Gasteiger partial charge >= 0.3 is 35.5 Å². The van der Waals surface area contributed by atoms with E-state index in [0.29, 0.717) is 6.42 Å². The predicted octanol–water partition coefficient (Wildman–Crippen LogP) is 0.0647. The molecule has 1 N–H and O–H groups in total. The van der Waals surface area contributed by atoms with E-state index in [0.717, 1.165) is 19.3 Å². The Morgan fingerprint density at radius 1 is 1.05 bits per heavy atom. The fourth-order valence-electron chi connectivity index (χ4n) is 1.74. The van der Waals surface area contributed by atoms with Crippen LogP contribution in [0.1, 0.15) is 66.1 Å². The molecule has 0 rings (SSSR count). The van der Waals surface area contributed by atoms with Gasteiger partial charge in [0.15, 0.2) is 0 Å². The Bertz CT molecular complexity index is 335. The van der Waals surface area contributed by atoms with Crippen LogP contribution in [0.2, 0.25) is 0 Å². The molecule has 0 saturated carbocycles. The Kier molecular flexibility index (Phi) is 16.2. The zero-order valence-electron chi connectivity index (χ0n) is 13.8. The third-order valence-corrected chi connectivity index (χ3v) is 3.52. The minimum atomic E-state index is -4.04. The molecule has 5 nitrogen and oxygen atoms in total. The number of esters is 1. The summed E-state index contributed by atoms with van der Waals surface area (Å²) < 4.78 is 33.9. The third-order valence-electron chi connectivity index (χ3n) is 2.84. The van der Waals surface area contributed by atoms with Gasteiger partial charge < -0.3 is 6.16 Å². The van der Waals surface area contributed by atoms with Crippen LogP contribution in [0.3, 0.4) is 0 Å². The van der Waals surface area contributed by atoms with Gasteiger partial charge in [0, 0.05) is 6.42 Å². The smallest absolute Gasteiger partial charge is 1.00 e. The van der Waals surface area contributed by atoms with Crippen molar-refractivity contribution in [1.82, 2.24) is 0 Å². The number of ether oxygens (including phenoxy) is 1. The fourth-order valence-corrected chi connectivity index (χ4v) is 2.03. The third kappa shape index (κ3) is 18.4. The average Bonchev–Trinajstić information content (AvgIpc) is 2.31. The molecule has 20 heavy (non-hydrogen) atoms. The van der Waals surface area contributed by atoms with Crippen molar-refractivity contribution in [3.05, 3.63) is 0 Å². The SMILES string of the molecule is CCCCCCCCCCC(=O)OCCS(=O)(=O)O.[H-].[Na+]. The number of hydrogen-bond donors (Lipinski definition) is 1. The number of unbranched alkanes of at least 4 members (excludes halogenated alkanes) is 7. The summed E-state index contributed by atoms with van der Waals surface area (Å²) in [5.41, 5.74) is 0. The first kappa shape index (κ1) is 22.7. The zero-order chi connectivity index (χ0) is 14.6. The summed E-state index contributed by atoms with van der Waals surface area (Å²) in [4.78, 5) is 11.2. The van der Waals surface area contributed by atoms with Crippen molar-refractivity contribution in [2.75, 3.05) is 12.4 Å². The predicted molar refractivity (Wildman–Crippen MR) is 75.7 cm³/mol. The van der Waals surface area contributed by atoms with Gasteiger partial charge in [-0.2, -0.15) is 8.42 Å². The van der Waals surface area contributed by atoms with E-state index in [9.17, 15) is 13.2 Å². The molecule has 0 heterocycles. The second-order valence-electron chi connectivity index (χ2n) is 4.73. The maximum absolute atomic E-state index is 11.2. The summed E-state index contributed by atoms with van der Waals surface area (Å²) >= 11 is 0. The molecule has 0 aromatic heterocycles. The molecular weight excluding hydrogens is 291 g/mol. The molecule has 7 heteroatoms. The maximum atomic E-state index is 11.2. The van der Waals surface area contributed by atoms with E-state index >= 15 is 0 Å². The molecule has 0 unspecified atom stereocenters. The van der Waals surface area contributed by atoms with Gasteiger partial charge in [0.05, 0.1) is 0 Å². The van der Waals surface area contributed by atoms with E-state index in [4.69, 9.17) is 9.29 Å². The van der Waals surface area contributed by atoms with Gasteiger partial charge in [-0.1, -0.05) is 51.9 Å². The number of carbonyl (C=O) groups excluding carboxylic acids is 1. The normalized spacial score (nSPS) is 10.9. The van der Waals surface area contributed by atoms with Crippen LogP contribution >= 0.6 is 0 Å².